The molecule has 4 N–H and O–H groups in total. The molecular formula is C15H18N4O2. The lowest BCUT2D eigenvalue weighted by Crippen LogP contribution is -2.35. The molecule has 1 aromatic heterocycles. The summed E-state index contributed by atoms with van der Waals surface area (Å²) in [5.41, 5.74) is 8.90. The third-order valence-corrected chi connectivity index (χ3v) is 3.83. The second-order valence-electron chi connectivity index (χ2n) is 5.46. The van der Waals surface area contributed by atoms with E-state index < -0.39 is 0 Å². The van der Waals surface area contributed by atoms with Gasteiger partial charge in [0.15, 0.2) is 0 Å². The molecule has 0 amide bonds. The Morgan fingerprint density at radius 3 is 3.05 bits per heavy atom. The van der Waals surface area contributed by atoms with Crippen LogP contribution in [-0.2, 0) is 19.5 Å². The summed E-state index contributed by atoms with van der Waals surface area (Å²) in [7, 11) is 0. The van der Waals surface area contributed by atoms with Gasteiger partial charge in [-0.25, -0.2) is 4.98 Å². The average molecular weight is 286 g/mol. The van der Waals surface area contributed by atoms with E-state index in [9.17, 15) is 9.90 Å². The fraction of sp³-hybridized carbons (Fsp3) is 0.333. The Hall–Kier alpha value is -2.34. The number of hydrogen-bond donors (Lipinski definition) is 3. The van der Waals surface area contributed by atoms with Crippen LogP contribution in [0.1, 0.15) is 22.4 Å². The van der Waals surface area contributed by atoms with Crippen LogP contribution in [0.25, 0.3) is 0 Å². The van der Waals surface area contributed by atoms with Gasteiger partial charge in [-0.1, -0.05) is 12.1 Å². The normalized spacial score (nSPS) is 14.9. The predicted molar refractivity (Wildman–Crippen MR) is 79.9 cm³/mol. The van der Waals surface area contributed by atoms with Gasteiger partial charge in [-0.15, -0.1) is 0 Å². The zero-order valence-electron chi connectivity index (χ0n) is 11.9. The minimum Gasteiger partial charge on any atom is -0.508 e. The fourth-order valence-corrected chi connectivity index (χ4v) is 2.71. The van der Waals surface area contributed by atoms with Gasteiger partial charge in [0.05, 0.1) is 11.3 Å². The number of nitrogen functional groups attached to an aromatic ring is 1. The fourth-order valence-electron chi connectivity index (χ4n) is 2.71. The molecule has 1 aliphatic rings. The maximum absolute atomic E-state index is 11.9. The van der Waals surface area contributed by atoms with Crippen molar-refractivity contribution in [2.24, 2.45) is 0 Å². The number of aryl methyl sites for hydroxylation is 1. The Labute approximate surface area is 122 Å². The Kier molecular flexibility index (Phi) is 3.39. The van der Waals surface area contributed by atoms with Gasteiger partial charge in [0.2, 0.25) is 5.95 Å². The summed E-state index contributed by atoms with van der Waals surface area (Å²) in [6.45, 7) is 4.02. The molecule has 6 heteroatoms. The largest absolute Gasteiger partial charge is 0.508 e. The van der Waals surface area contributed by atoms with E-state index in [1.54, 1.807) is 6.07 Å². The maximum atomic E-state index is 11.9. The van der Waals surface area contributed by atoms with Crippen molar-refractivity contribution in [2.75, 3.05) is 12.3 Å². The third kappa shape index (κ3) is 2.75. The van der Waals surface area contributed by atoms with Crippen molar-refractivity contribution in [1.29, 1.82) is 0 Å². The molecule has 0 spiro atoms. The van der Waals surface area contributed by atoms with Crippen LogP contribution in [0.15, 0.2) is 23.0 Å². The van der Waals surface area contributed by atoms with Crippen LogP contribution in [0.5, 0.6) is 5.75 Å². The first-order chi connectivity index (χ1) is 10.0. The molecule has 0 saturated heterocycles. The zero-order chi connectivity index (χ0) is 15.0. The number of fused-ring (bicyclic) bond motifs is 1. The molecule has 6 nitrogen and oxygen atoms in total. The molecule has 110 valence electrons. The first-order valence-electron chi connectivity index (χ1n) is 6.91. The quantitative estimate of drug-likeness (QED) is 0.763. The lowest BCUT2D eigenvalue weighted by atomic mass is 10.1. The Bertz CT molecular complexity index is 739. The van der Waals surface area contributed by atoms with E-state index >= 15 is 0 Å². The number of nitrogens with one attached hydrogen (secondary N) is 1. The second-order valence-corrected chi connectivity index (χ2v) is 5.46. The van der Waals surface area contributed by atoms with Crippen molar-refractivity contribution in [3.8, 4) is 5.75 Å². The van der Waals surface area contributed by atoms with Crippen LogP contribution >= 0.6 is 0 Å². The highest BCUT2D eigenvalue weighted by molar-refractivity contribution is 5.35. The number of nitrogens with zero attached hydrogens (tertiary/aromatic N) is 2. The van der Waals surface area contributed by atoms with Crippen LogP contribution in [0.2, 0.25) is 0 Å². The summed E-state index contributed by atoms with van der Waals surface area (Å²) in [6, 6.07) is 5.58. The minimum absolute atomic E-state index is 0.149. The first kappa shape index (κ1) is 13.6. The van der Waals surface area contributed by atoms with E-state index in [0.29, 0.717) is 17.9 Å². The van der Waals surface area contributed by atoms with Crippen molar-refractivity contribution in [1.82, 2.24) is 14.9 Å². The average Bonchev–Trinajstić information content (AvgIpc) is 2.43. The summed E-state index contributed by atoms with van der Waals surface area (Å²) in [4.78, 5) is 20.9. The first-order valence-corrected chi connectivity index (χ1v) is 6.91. The molecule has 0 fully saturated rings. The lowest BCUT2D eigenvalue weighted by molar-refractivity contribution is 0.242. The van der Waals surface area contributed by atoms with Gasteiger partial charge in [-0.05, 0) is 24.1 Å². The van der Waals surface area contributed by atoms with Gasteiger partial charge in [0.1, 0.15) is 5.75 Å². The van der Waals surface area contributed by atoms with E-state index in [2.05, 4.69) is 14.9 Å². The summed E-state index contributed by atoms with van der Waals surface area (Å²) in [6.07, 6.45) is 0.723. The molecule has 0 bridgehead atoms. The topological polar surface area (TPSA) is 95.2 Å². The number of phenols is 1. The number of aromatic amines is 1. The van der Waals surface area contributed by atoms with Crippen molar-refractivity contribution in [3.63, 3.8) is 0 Å². The van der Waals surface area contributed by atoms with Crippen LogP contribution in [0.3, 0.4) is 0 Å². The van der Waals surface area contributed by atoms with Gasteiger partial charge in [-0.2, -0.15) is 0 Å². The molecule has 0 atom stereocenters. The summed E-state index contributed by atoms with van der Waals surface area (Å²) in [5, 5.41) is 9.56. The van der Waals surface area contributed by atoms with E-state index in [4.69, 9.17) is 5.73 Å². The molecule has 21 heavy (non-hydrogen) atoms. The molecular weight excluding hydrogens is 268 g/mol. The second kappa shape index (κ2) is 5.21. The molecule has 0 unspecified atom stereocenters. The van der Waals surface area contributed by atoms with Crippen molar-refractivity contribution >= 4 is 5.95 Å². The molecule has 0 saturated carbocycles. The molecule has 1 aliphatic heterocycles. The molecule has 2 aromatic rings. The summed E-state index contributed by atoms with van der Waals surface area (Å²) in [5.74, 6) is 0.486. The molecule has 3 rings (SSSR count). The monoisotopic (exact) mass is 286 g/mol. The number of rotatable bonds is 2. The summed E-state index contributed by atoms with van der Waals surface area (Å²) < 4.78 is 0. The van der Waals surface area contributed by atoms with Crippen LogP contribution in [0, 0.1) is 6.92 Å². The molecule has 1 aromatic carbocycles. The van der Waals surface area contributed by atoms with Crippen LogP contribution < -0.4 is 11.3 Å². The number of phenolic OH excluding ortho intramolecular Hbond substituents is 1. The van der Waals surface area contributed by atoms with Crippen LogP contribution in [0.4, 0.5) is 5.95 Å². The number of benzene rings is 1. The van der Waals surface area contributed by atoms with Gasteiger partial charge in [-0.3, -0.25) is 14.7 Å². The molecule has 2 heterocycles. The predicted octanol–water partition coefficient (Wildman–Crippen LogP) is 0.924. The van der Waals surface area contributed by atoms with E-state index in [-0.39, 0.29) is 11.5 Å². The summed E-state index contributed by atoms with van der Waals surface area (Å²) >= 11 is 0. The van der Waals surface area contributed by atoms with Gasteiger partial charge < -0.3 is 10.8 Å². The smallest absolute Gasteiger partial charge is 0.257 e. The highest BCUT2D eigenvalue weighted by Gasteiger charge is 2.20. The van der Waals surface area contributed by atoms with Crippen molar-refractivity contribution < 1.29 is 5.11 Å². The Morgan fingerprint density at radius 2 is 2.29 bits per heavy atom. The standard InChI is InChI=1S/C15H18N4O2/c1-9-6-10(2-3-13(9)20)7-19-5-4-12-11(8-19)14(21)18-15(16)17-12/h2-3,6,20H,4-5,7-8H2,1H3,(H3,16,17,18,21). The van der Waals surface area contributed by atoms with Gasteiger partial charge in [0.25, 0.3) is 5.56 Å². The number of H-pyrrole nitrogens is 1. The maximum Gasteiger partial charge on any atom is 0.257 e. The number of hydrogen-bond acceptors (Lipinski definition) is 5. The Balaban J connectivity index is 1.80. The highest BCUT2D eigenvalue weighted by Crippen LogP contribution is 2.20. The van der Waals surface area contributed by atoms with E-state index in [0.717, 1.165) is 36.3 Å². The van der Waals surface area contributed by atoms with Crippen molar-refractivity contribution in [3.05, 3.63) is 50.9 Å². The SMILES string of the molecule is Cc1cc(CN2CCc3nc(N)[nH]c(=O)c3C2)ccc1O. The number of nitrogens with two attached hydrogens (primary N) is 1. The van der Waals surface area contributed by atoms with Crippen LogP contribution in [-0.4, -0.2) is 26.5 Å². The molecule has 0 radical (unpaired) electrons. The minimum atomic E-state index is -0.149. The zero-order valence-corrected chi connectivity index (χ0v) is 11.9. The van der Waals surface area contributed by atoms with Crippen molar-refractivity contribution in [2.45, 2.75) is 26.4 Å². The number of aromatic nitrogens is 2. The van der Waals surface area contributed by atoms with E-state index in [1.165, 1.54) is 0 Å². The Morgan fingerprint density at radius 1 is 1.48 bits per heavy atom. The van der Waals surface area contributed by atoms with Gasteiger partial charge in [0, 0.05) is 26.1 Å². The highest BCUT2D eigenvalue weighted by atomic mass is 16.3. The third-order valence-electron chi connectivity index (χ3n) is 3.83. The van der Waals surface area contributed by atoms with Gasteiger partial charge >= 0.3 is 0 Å². The molecule has 0 aliphatic carbocycles. The van der Waals surface area contributed by atoms with E-state index in [1.807, 2.05) is 19.1 Å². The number of aromatic hydroxyl groups is 1. The lowest BCUT2D eigenvalue weighted by Gasteiger charge is -2.27. The number of anilines is 1.